The lowest BCUT2D eigenvalue weighted by molar-refractivity contribution is -0.137. The van der Waals surface area contributed by atoms with Gasteiger partial charge >= 0.3 is 6.18 Å². The fourth-order valence-corrected chi connectivity index (χ4v) is 5.22. The molecule has 0 radical (unpaired) electrons. The van der Waals surface area contributed by atoms with Gasteiger partial charge in [0.2, 0.25) is 5.88 Å². The van der Waals surface area contributed by atoms with Crippen molar-refractivity contribution in [1.29, 1.82) is 0 Å². The van der Waals surface area contributed by atoms with Gasteiger partial charge in [-0.25, -0.2) is 12.4 Å². The van der Waals surface area contributed by atoms with Crippen LogP contribution in [0.3, 0.4) is 0 Å². The van der Waals surface area contributed by atoms with Crippen LogP contribution in [0.2, 0.25) is 5.15 Å². The quantitative estimate of drug-likeness (QED) is 0.314. The molecule has 4 rings (SSSR count). The minimum atomic E-state index is -4.68. The van der Waals surface area contributed by atoms with E-state index in [1.165, 1.54) is 13.3 Å². The Morgan fingerprint density at radius 1 is 1.11 bits per heavy atom. The minimum Gasteiger partial charge on any atom is -0.481 e. The van der Waals surface area contributed by atoms with E-state index < -0.39 is 26.7 Å². The number of ether oxygens (including phenoxy) is 1. The standard InChI is InChI=1S/C23H20ClF3N4O3S/c1-28-12-14-13-31(35(32,33)17-5-3-4-15(10-17)23(25,26)27)20-11-16(6-7-18(14)20)29-19-8-9-21(34-2)30-22(19)24/h3-11,13,28-29H,12H2,1-2H3. The van der Waals surface area contributed by atoms with Crippen LogP contribution in [0.4, 0.5) is 24.5 Å². The fraction of sp³-hybridized carbons (Fsp3) is 0.174. The third kappa shape index (κ3) is 4.93. The highest BCUT2D eigenvalue weighted by molar-refractivity contribution is 7.90. The van der Waals surface area contributed by atoms with Crippen molar-refractivity contribution < 1.29 is 26.3 Å². The molecule has 0 spiro atoms. The molecule has 0 saturated carbocycles. The summed E-state index contributed by atoms with van der Waals surface area (Å²) in [5, 5.41) is 6.82. The highest BCUT2D eigenvalue weighted by Crippen LogP contribution is 2.34. The van der Waals surface area contributed by atoms with Gasteiger partial charge in [0.25, 0.3) is 10.0 Å². The summed E-state index contributed by atoms with van der Waals surface area (Å²) in [4.78, 5) is 3.61. The Balaban J connectivity index is 1.83. The third-order valence-electron chi connectivity index (χ3n) is 5.25. The monoisotopic (exact) mass is 524 g/mol. The van der Waals surface area contributed by atoms with E-state index in [4.69, 9.17) is 16.3 Å². The van der Waals surface area contributed by atoms with Crippen LogP contribution in [-0.4, -0.2) is 31.5 Å². The van der Waals surface area contributed by atoms with Gasteiger partial charge in [-0.15, -0.1) is 0 Å². The Labute approximate surface area is 204 Å². The molecule has 35 heavy (non-hydrogen) atoms. The number of pyridine rings is 1. The van der Waals surface area contributed by atoms with Crippen molar-refractivity contribution in [1.82, 2.24) is 14.3 Å². The molecular weight excluding hydrogens is 505 g/mol. The number of halogens is 4. The van der Waals surface area contributed by atoms with Crippen LogP contribution in [0.5, 0.6) is 5.88 Å². The first kappa shape index (κ1) is 24.8. The van der Waals surface area contributed by atoms with Crippen molar-refractivity contribution in [2.45, 2.75) is 17.6 Å². The molecule has 0 aliphatic rings. The molecule has 0 amide bonds. The van der Waals surface area contributed by atoms with Gasteiger partial charge in [-0.1, -0.05) is 23.7 Å². The molecule has 4 aromatic rings. The minimum absolute atomic E-state index is 0.146. The average Bonchev–Trinajstić information content (AvgIpc) is 3.18. The molecule has 0 unspecified atom stereocenters. The van der Waals surface area contributed by atoms with Crippen molar-refractivity contribution in [3.63, 3.8) is 0 Å². The normalized spacial score (nSPS) is 12.2. The Kier molecular flexibility index (Phi) is 6.67. The number of hydrogen-bond acceptors (Lipinski definition) is 6. The number of rotatable bonds is 7. The van der Waals surface area contributed by atoms with Gasteiger partial charge in [0.1, 0.15) is 0 Å². The first-order valence-electron chi connectivity index (χ1n) is 10.2. The number of methoxy groups -OCH3 is 1. The number of hydrogen-bond donors (Lipinski definition) is 2. The summed E-state index contributed by atoms with van der Waals surface area (Å²) in [6.45, 7) is 0.350. The fourth-order valence-electron chi connectivity index (χ4n) is 3.60. The summed E-state index contributed by atoms with van der Waals surface area (Å²) >= 11 is 6.20. The highest BCUT2D eigenvalue weighted by atomic mass is 35.5. The molecule has 0 aliphatic heterocycles. The van der Waals surface area contributed by atoms with Gasteiger partial charge in [0.05, 0.1) is 28.8 Å². The molecule has 0 aliphatic carbocycles. The summed E-state index contributed by atoms with van der Waals surface area (Å²) in [5.74, 6) is 0.328. The molecule has 0 fully saturated rings. The number of aromatic nitrogens is 2. The molecule has 0 bridgehead atoms. The predicted molar refractivity (Wildman–Crippen MR) is 128 cm³/mol. The number of nitrogens with one attached hydrogen (secondary N) is 2. The number of benzene rings is 2. The van der Waals surface area contributed by atoms with Crippen LogP contribution in [0.1, 0.15) is 11.1 Å². The lowest BCUT2D eigenvalue weighted by atomic mass is 10.1. The summed E-state index contributed by atoms with van der Waals surface area (Å²) in [7, 11) is -1.18. The second kappa shape index (κ2) is 9.40. The second-order valence-electron chi connectivity index (χ2n) is 7.56. The molecule has 2 aromatic heterocycles. The number of fused-ring (bicyclic) bond motifs is 1. The smallest absolute Gasteiger partial charge is 0.416 e. The molecular formula is C23H20ClF3N4O3S. The van der Waals surface area contributed by atoms with E-state index >= 15 is 0 Å². The maximum Gasteiger partial charge on any atom is 0.416 e. The highest BCUT2D eigenvalue weighted by Gasteiger charge is 2.32. The van der Waals surface area contributed by atoms with Crippen LogP contribution in [0.15, 0.2) is 65.7 Å². The maximum atomic E-state index is 13.4. The predicted octanol–water partition coefficient (Wildman–Crippen LogP) is 5.42. The van der Waals surface area contributed by atoms with Gasteiger partial charge < -0.3 is 15.4 Å². The van der Waals surface area contributed by atoms with Gasteiger partial charge in [0.15, 0.2) is 5.15 Å². The Hall–Kier alpha value is -3.28. The van der Waals surface area contributed by atoms with Crippen LogP contribution in [-0.2, 0) is 22.7 Å². The number of anilines is 2. The topological polar surface area (TPSA) is 85.2 Å². The molecule has 7 nitrogen and oxygen atoms in total. The van der Waals surface area contributed by atoms with Crippen molar-refractivity contribution in [3.8, 4) is 5.88 Å². The van der Waals surface area contributed by atoms with Crippen molar-refractivity contribution in [2.24, 2.45) is 0 Å². The Bertz CT molecular complexity index is 1500. The van der Waals surface area contributed by atoms with Gasteiger partial charge in [-0.2, -0.15) is 18.2 Å². The van der Waals surface area contributed by atoms with E-state index in [0.717, 1.165) is 22.2 Å². The van der Waals surface area contributed by atoms with E-state index in [1.807, 2.05) is 0 Å². The SMILES string of the molecule is CNCc1cn(S(=O)(=O)c2cccc(C(F)(F)F)c2)c2cc(Nc3ccc(OC)nc3Cl)ccc12. The molecule has 2 heterocycles. The summed E-state index contributed by atoms with van der Waals surface area (Å²) in [5.41, 5.74) is 0.862. The van der Waals surface area contributed by atoms with Gasteiger partial charge in [-0.05, 0) is 49.0 Å². The average molecular weight is 525 g/mol. The van der Waals surface area contributed by atoms with E-state index in [1.54, 1.807) is 37.4 Å². The second-order valence-corrected chi connectivity index (χ2v) is 9.73. The molecule has 2 aromatic carbocycles. The van der Waals surface area contributed by atoms with E-state index in [2.05, 4.69) is 15.6 Å². The third-order valence-corrected chi connectivity index (χ3v) is 7.21. The van der Waals surface area contributed by atoms with Crippen LogP contribution >= 0.6 is 11.6 Å². The lowest BCUT2D eigenvalue weighted by Gasteiger charge is -2.12. The molecule has 2 N–H and O–H groups in total. The first-order valence-corrected chi connectivity index (χ1v) is 12.1. The molecule has 0 atom stereocenters. The maximum absolute atomic E-state index is 13.4. The summed E-state index contributed by atoms with van der Waals surface area (Å²) in [6, 6.07) is 12.0. The number of alkyl halides is 3. The van der Waals surface area contributed by atoms with Crippen molar-refractivity contribution in [2.75, 3.05) is 19.5 Å². The van der Waals surface area contributed by atoms with Crippen molar-refractivity contribution in [3.05, 3.63) is 77.1 Å². The zero-order chi connectivity index (χ0) is 25.4. The summed E-state index contributed by atoms with van der Waals surface area (Å²) < 4.78 is 72.6. The molecule has 184 valence electrons. The van der Waals surface area contributed by atoms with Crippen LogP contribution in [0.25, 0.3) is 10.9 Å². The van der Waals surface area contributed by atoms with E-state index in [-0.39, 0.29) is 10.7 Å². The summed E-state index contributed by atoms with van der Waals surface area (Å²) in [6.07, 6.45) is -3.27. The zero-order valence-corrected chi connectivity index (χ0v) is 20.1. The van der Waals surface area contributed by atoms with E-state index in [0.29, 0.717) is 40.8 Å². The first-order chi connectivity index (χ1) is 16.5. The molecule has 0 saturated heterocycles. The van der Waals surface area contributed by atoms with Gasteiger partial charge in [0, 0.05) is 29.9 Å². The Morgan fingerprint density at radius 3 is 2.54 bits per heavy atom. The van der Waals surface area contributed by atoms with Crippen LogP contribution < -0.4 is 15.4 Å². The van der Waals surface area contributed by atoms with Crippen LogP contribution in [0, 0.1) is 0 Å². The largest absolute Gasteiger partial charge is 0.481 e. The number of nitrogens with zero attached hydrogens (tertiary/aromatic N) is 2. The van der Waals surface area contributed by atoms with Crippen molar-refractivity contribution >= 4 is 43.9 Å². The molecule has 12 heteroatoms. The lowest BCUT2D eigenvalue weighted by Crippen LogP contribution is -2.14. The van der Waals surface area contributed by atoms with E-state index in [9.17, 15) is 21.6 Å². The van der Waals surface area contributed by atoms with Gasteiger partial charge in [-0.3, -0.25) is 0 Å². The Morgan fingerprint density at radius 2 is 1.89 bits per heavy atom. The zero-order valence-electron chi connectivity index (χ0n) is 18.5.